The molecule has 0 saturated carbocycles. The lowest BCUT2D eigenvalue weighted by Gasteiger charge is -2.28. The van der Waals surface area contributed by atoms with Crippen molar-refractivity contribution in [1.29, 1.82) is 0 Å². The van der Waals surface area contributed by atoms with Gasteiger partial charge in [-0.2, -0.15) is 20.3 Å². The smallest absolute Gasteiger partial charge is 0.229 e. The largest absolute Gasteiger partial charge is 0.388 e. The highest BCUT2D eigenvalue weighted by atomic mass is 16.5. The van der Waals surface area contributed by atoms with Gasteiger partial charge in [0.2, 0.25) is 11.6 Å². The predicted octanol–water partition coefficient (Wildman–Crippen LogP) is -0.454. The van der Waals surface area contributed by atoms with Gasteiger partial charge in [-0.15, -0.1) is 5.10 Å². The fourth-order valence-corrected chi connectivity index (χ4v) is 2.97. The van der Waals surface area contributed by atoms with Gasteiger partial charge in [0.25, 0.3) is 0 Å². The van der Waals surface area contributed by atoms with Crippen LogP contribution in [0, 0.1) is 0 Å². The van der Waals surface area contributed by atoms with Crippen LogP contribution in [0.4, 0.5) is 11.8 Å². The second kappa shape index (κ2) is 5.03. The summed E-state index contributed by atoms with van der Waals surface area (Å²) in [6.45, 7) is 6.00. The molecule has 9 nitrogen and oxygen atoms in total. The number of β-amino-alcohol motifs (C(OH)–C–C–N with tert-alkyl or cyclic N) is 1. The molecule has 1 atom stereocenters. The molecule has 0 aliphatic carbocycles. The molecule has 2 N–H and O–H groups in total. The van der Waals surface area contributed by atoms with E-state index in [4.69, 9.17) is 9.72 Å². The normalized spacial score (nSPS) is 26.1. The highest BCUT2D eigenvalue weighted by molar-refractivity contribution is 5.84. The highest BCUT2D eigenvalue weighted by Gasteiger charge is 2.34. The summed E-state index contributed by atoms with van der Waals surface area (Å²) < 4.78 is 5.38. The second-order valence-corrected chi connectivity index (χ2v) is 6.11. The maximum atomic E-state index is 10.2. The van der Waals surface area contributed by atoms with Crippen LogP contribution in [0.5, 0.6) is 0 Å². The van der Waals surface area contributed by atoms with Gasteiger partial charge in [0.15, 0.2) is 11.3 Å². The lowest BCUT2D eigenvalue weighted by molar-refractivity contribution is 0.0839. The Morgan fingerprint density at radius 3 is 2.68 bits per heavy atom. The zero-order valence-corrected chi connectivity index (χ0v) is 12.5. The molecular formula is C13H19N7O2. The van der Waals surface area contributed by atoms with Crippen molar-refractivity contribution in [3.63, 3.8) is 0 Å². The van der Waals surface area contributed by atoms with Gasteiger partial charge >= 0.3 is 0 Å². The Morgan fingerprint density at radius 1 is 1.14 bits per heavy atom. The monoisotopic (exact) mass is 305 g/mol. The Hall–Kier alpha value is -2.00. The molecule has 118 valence electrons. The number of anilines is 2. The topological polar surface area (TPSA) is 103 Å². The van der Waals surface area contributed by atoms with Crippen LogP contribution in [0.25, 0.3) is 11.2 Å². The summed E-state index contributed by atoms with van der Waals surface area (Å²) in [6, 6.07) is 0. The molecule has 9 heteroatoms. The number of hydrogen-bond donors (Lipinski definition) is 2. The van der Waals surface area contributed by atoms with E-state index in [0.717, 1.165) is 25.5 Å². The SMILES string of the molecule is C[C@]1(O)CCN(c2nc(N3CCOCC3)nc3n[nH]nc23)C1. The van der Waals surface area contributed by atoms with Crippen LogP contribution >= 0.6 is 0 Å². The molecule has 0 radical (unpaired) electrons. The van der Waals surface area contributed by atoms with E-state index in [0.29, 0.717) is 43.3 Å². The van der Waals surface area contributed by atoms with Crippen molar-refractivity contribution >= 4 is 22.9 Å². The summed E-state index contributed by atoms with van der Waals surface area (Å²) in [5.41, 5.74) is 0.507. The first-order valence-corrected chi connectivity index (χ1v) is 7.51. The van der Waals surface area contributed by atoms with Crippen LogP contribution < -0.4 is 9.80 Å². The Balaban J connectivity index is 1.74. The van der Waals surface area contributed by atoms with Crippen molar-refractivity contribution in [2.75, 3.05) is 49.2 Å². The third-order valence-electron chi connectivity index (χ3n) is 4.20. The average molecular weight is 305 g/mol. The maximum Gasteiger partial charge on any atom is 0.229 e. The van der Waals surface area contributed by atoms with E-state index in [1.165, 1.54) is 0 Å². The number of aromatic amines is 1. The molecule has 4 heterocycles. The van der Waals surface area contributed by atoms with Crippen molar-refractivity contribution in [3.8, 4) is 0 Å². The molecule has 0 amide bonds. The minimum absolute atomic E-state index is 0.536. The molecule has 2 fully saturated rings. The molecular weight excluding hydrogens is 286 g/mol. The van der Waals surface area contributed by atoms with Gasteiger partial charge in [-0.25, -0.2) is 0 Å². The quantitative estimate of drug-likeness (QED) is 0.768. The number of hydrogen-bond acceptors (Lipinski definition) is 8. The van der Waals surface area contributed by atoms with Gasteiger partial charge in [0.1, 0.15) is 0 Å². The summed E-state index contributed by atoms with van der Waals surface area (Å²) in [4.78, 5) is 13.3. The number of morpholine rings is 1. The van der Waals surface area contributed by atoms with E-state index in [1.54, 1.807) is 0 Å². The summed E-state index contributed by atoms with van der Waals surface area (Å²) in [6.07, 6.45) is 0.712. The third kappa shape index (κ3) is 2.35. The number of nitrogens with one attached hydrogen (secondary N) is 1. The Labute approximate surface area is 127 Å². The van der Waals surface area contributed by atoms with Crippen LogP contribution in [0.3, 0.4) is 0 Å². The molecule has 2 aromatic rings. The van der Waals surface area contributed by atoms with E-state index in [2.05, 4.69) is 30.2 Å². The highest BCUT2D eigenvalue weighted by Crippen LogP contribution is 2.30. The molecule has 0 aromatic carbocycles. The van der Waals surface area contributed by atoms with Crippen molar-refractivity contribution in [3.05, 3.63) is 0 Å². The number of ether oxygens (including phenoxy) is 1. The maximum absolute atomic E-state index is 10.2. The van der Waals surface area contributed by atoms with Crippen LogP contribution in [0.2, 0.25) is 0 Å². The molecule has 0 bridgehead atoms. The van der Waals surface area contributed by atoms with Crippen LogP contribution in [0.1, 0.15) is 13.3 Å². The minimum Gasteiger partial charge on any atom is -0.388 e. The van der Waals surface area contributed by atoms with Crippen molar-refractivity contribution in [2.24, 2.45) is 0 Å². The van der Waals surface area contributed by atoms with Gasteiger partial charge in [0, 0.05) is 26.2 Å². The summed E-state index contributed by atoms with van der Waals surface area (Å²) in [5.74, 6) is 1.38. The molecule has 22 heavy (non-hydrogen) atoms. The molecule has 0 unspecified atom stereocenters. The molecule has 4 rings (SSSR count). The van der Waals surface area contributed by atoms with Crippen molar-refractivity contribution in [1.82, 2.24) is 25.4 Å². The number of nitrogens with zero attached hydrogens (tertiary/aromatic N) is 6. The minimum atomic E-state index is -0.694. The van der Waals surface area contributed by atoms with Gasteiger partial charge in [-0.05, 0) is 13.3 Å². The molecule has 2 saturated heterocycles. The predicted molar refractivity (Wildman–Crippen MR) is 80.0 cm³/mol. The second-order valence-electron chi connectivity index (χ2n) is 6.11. The Morgan fingerprint density at radius 2 is 1.95 bits per heavy atom. The summed E-state index contributed by atoms with van der Waals surface area (Å²) in [7, 11) is 0. The van der Waals surface area contributed by atoms with Gasteiger partial charge in [0.05, 0.1) is 18.8 Å². The summed E-state index contributed by atoms with van der Waals surface area (Å²) >= 11 is 0. The molecule has 0 spiro atoms. The fraction of sp³-hybridized carbons (Fsp3) is 0.692. The Kier molecular flexibility index (Phi) is 3.12. The first-order valence-electron chi connectivity index (χ1n) is 7.51. The molecule has 2 aromatic heterocycles. The van der Waals surface area contributed by atoms with Crippen LogP contribution in [0.15, 0.2) is 0 Å². The molecule has 2 aliphatic rings. The number of aromatic nitrogens is 5. The van der Waals surface area contributed by atoms with E-state index in [-0.39, 0.29) is 0 Å². The zero-order chi connectivity index (χ0) is 15.2. The van der Waals surface area contributed by atoms with Crippen molar-refractivity contribution in [2.45, 2.75) is 18.9 Å². The van der Waals surface area contributed by atoms with E-state index >= 15 is 0 Å². The van der Waals surface area contributed by atoms with Gasteiger partial charge < -0.3 is 19.6 Å². The fourth-order valence-electron chi connectivity index (χ4n) is 2.97. The zero-order valence-electron chi connectivity index (χ0n) is 12.5. The number of rotatable bonds is 2. The third-order valence-corrected chi connectivity index (χ3v) is 4.20. The van der Waals surface area contributed by atoms with Crippen LogP contribution in [-0.4, -0.2) is 75.5 Å². The van der Waals surface area contributed by atoms with Gasteiger partial charge in [-0.3, -0.25) is 0 Å². The Bertz CT molecular complexity index is 680. The summed E-state index contributed by atoms with van der Waals surface area (Å²) in [5, 5.41) is 21.1. The van der Waals surface area contributed by atoms with E-state index < -0.39 is 5.60 Å². The average Bonchev–Trinajstić information content (AvgIpc) is 3.13. The first kappa shape index (κ1) is 13.6. The lowest BCUT2D eigenvalue weighted by atomic mass is 10.1. The number of H-pyrrole nitrogens is 1. The number of aliphatic hydroxyl groups is 1. The lowest BCUT2D eigenvalue weighted by Crippen LogP contribution is -2.38. The first-order chi connectivity index (χ1) is 10.6. The van der Waals surface area contributed by atoms with Crippen LogP contribution in [-0.2, 0) is 4.74 Å². The van der Waals surface area contributed by atoms with E-state index in [1.807, 2.05) is 6.92 Å². The van der Waals surface area contributed by atoms with Gasteiger partial charge in [-0.1, -0.05) is 0 Å². The van der Waals surface area contributed by atoms with E-state index in [9.17, 15) is 5.11 Å². The number of fused-ring (bicyclic) bond motifs is 1. The standard InChI is InChI=1S/C13H19N7O2/c1-13(21)2-3-20(8-13)11-9-10(17-18-16-9)14-12(15-11)19-4-6-22-7-5-19/h21H,2-8H2,1H3,(H,14,15,16,17,18)/t13-/m0/s1. The van der Waals surface area contributed by atoms with Crippen molar-refractivity contribution < 1.29 is 9.84 Å². The molecule has 2 aliphatic heterocycles.